The minimum absolute atomic E-state index is 0.284. The highest BCUT2D eigenvalue weighted by molar-refractivity contribution is 6.08. The summed E-state index contributed by atoms with van der Waals surface area (Å²) in [6.07, 6.45) is 4.74. The van der Waals surface area contributed by atoms with E-state index >= 15 is 0 Å². The average molecular weight is 360 g/mol. The Morgan fingerprint density at radius 3 is 2.19 bits per heavy atom. The first kappa shape index (κ1) is 17.7. The number of hydrogen-bond donors (Lipinski definition) is 0. The zero-order valence-electron chi connectivity index (χ0n) is 15.4. The molecule has 2 heteroatoms. The molecule has 0 unspecified atom stereocenters. The summed E-state index contributed by atoms with van der Waals surface area (Å²) >= 11 is 0. The maximum Gasteiger partial charge on any atom is 0.131 e. The van der Waals surface area contributed by atoms with Gasteiger partial charge in [-0.1, -0.05) is 62.2 Å². The van der Waals surface area contributed by atoms with Crippen LogP contribution < -0.4 is 0 Å². The van der Waals surface area contributed by atoms with Crippen LogP contribution in [0.15, 0.2) is 66.7 Å². The number of aryl methyl sites for hydroxylation is 1. The van der Waals surface area contributed by atoms with E-state index in [1.807, 2.05) is 12.1 Å². The summed E-state index contributed by atoms with van der Waals surface area (Å²) in [5.41, 5.74) is 2.51. The number of hydrogen-bond acceptors (Lipinski definition) is 0. The summed E-state index contributed by atoms with van der Waals surface area (Å²) in [6, 6.07) is 20.0. The second-order valence-electron chi connectivity index (χ2n) is 7.14. The lowest BCUT2D eigenvalue weighted by atomic mass is 9.95. The molecule has 0 nitrogen and oxygen atoms in total. The fourth-order valence-corrected chi connectivity index (χ4v) is 3.72. The molecule has 4 aromatic carbocycles. The molecule has 0 heterocycles. The van der Waals surface area contributed by atoms with Crippen molar-refractivity contribution in [2.45, 2.75) is 32.6 Å². The Balaban J connectivity index is 1.78. The quantitative estimate of drug-likeness (QED) is 0.253. The third-order valence-electron chi connectivity index (χ3n) is 5.21. The molecule has 0 aliphatic rings. The second kappa shape index (κ2) is 7.48. The fourth-order valence-electron chi connectivity index (χ4n) is 3.72. The van der Waals surface area contributed by atoms with E-state index in [1.54, 1.807) is 18.2 Å². The van der Waals surface area contributed by atoms with Crippen LogP contribution in [0.4, 0.5) is 8.78 Å². The van der Waals surface area contributed by atoms with Crippen molar-refractivity contribution in [3.05, 3.63) is 83.9 Å². The molecule has 27 heavy (non-hydrogen) atoms. The van der Waals surface area contributed by atoms with Gasteiger partial charge >= 0.3 is 0 Å². The molecule has 0 fully saturated rings. The zero-order valence-corrected chi connectivity index (χ0v) is 15.4. The van der Waals surface area contributed by atoms with E-state index < -0.39 is 0 Å². The molecule has 136 valence electrons. The Hall–Kier alpha value is -2.74. The third-order valence-corrected chi connectivity index (χ3v) is 5.21. The summed E-state index contributed by atoms with van der Waals surface area (Å²) < 4.78 is 28.0. The molecule has 4 aromatic rings. The predicted molar refractivity (Wildman–Crippen MR) is 110 cm³/mol. The lowest BCUT2D eigenvalue weighted by Crippen LogP contribution is -1.89. The molecule has 4 rings (SSSR count). The van der Waals surface area contributed by atoms with Gasteiger partial charge < -0.3 is 0 Å². The van der Waals surface area contributed by atoms with Crippen LogP contribution in [0.2, 0.25) is 0 Å². The highest BCUT2D eigenvalue weighted by Crippen LogP contribution is 2.32. The Labute approximate surface area is 158 Å². The van der Waals surface area contributed by atoms with Crippen molar-refractivity contribution >= 4 is 21.5 Å². The number of unbranched alkanes of at least 4 members (excludes halogenated alkanes) is 2. The van der Waals surface area contributed by atoms with Gasteiger partial charge in [0, 0.05) is 5.56 Å². The molecule has 0 aromatic heterocycles. The van der Waals surface area contributed by atoms with Gasteiger partial charge in [0.25, 0.3) is 0 Å². The maximum atomic E-state index is 14.8. The summed E-state index contributed by atoms with van der Waals surface area (Å²) in [5, 5.41) is 4.11. The molecule has 0 amide bonds. The first-order valence-corrected chi connectivity index (χ1v) is 9.56. The van der Waals surface area contributed by atoms with Crippen molar-refractivity contribution in [1.29, 1.82) is 0 Å². The van der Waals surface area contributed by atoms with E-state index in [-0.39, 0.29) is 11.6 Å². The van der Waals surface area contributed by atoms with E-state index in [9.17, 15) is 8.78 Å². The van der Waals surface area contributed by atoms with Crippen molar-refractivity contribution in [3.63, 3.8) is 0 Å². The Morgan fingerprint density at radius 1 is 0.704 bits per heavy atom. The molecule has 0 spiro atoms. The molecule has 0 bridgehead atoms. The van der Waals surface area contributed by atoms with E-state index in [4.69, 9.17) is 0 Å². The first-order chi connectivity index (χ1) is 13.2. The van der Waals surface area contributed by atoms with Gasteiger partial charge in [-0.2, -0.15) is 0 Å². The van der Waals surface area contributed by atoms with Crippen molar-refractivity contribution in [1.82, 2.24) is 0 Å². The fraction of sp³-hybridized carbons (Fsp3) is 0.200. The Morgan fingerprint density at radius 2 is 1.44 bits per heavy atom. The van der Waals surface area contributed by atoms with Crippen LogP contribution in [0, 0.1) is 11.6 Å². The first-order valence-electron chi connectivity index (χ1n) is 9.56. The van der Waals surface area contributed by atoms with Gasteiger partial charge in [0.1, 0.15) is 11.6 Å². The van der Waals surface area contributed by atoms with Gasteiger partial charge in [-0.3, -0.25) is 0 Å². The minimum Gasteiger partial charge on any atom is -0.207 e. The largest absolute Gasteiger partial charge is 0.207 e. The molecule has 0 atom stereocenters. The SMILES string of the molecule is CCCCCc1ccc2c(ccc3cc(-c4ccc(F)cc4)c(F)cc32)c1. The molecule has 0 aliphatic carbocycles. The molecule has 0 saturated heterocycles. The lowest BCUT2D eigenvalue weighted by molar-refractivity contribution is 0.626. The third kappa shape index (κ3) is 3.57. The van der Waals surface area contributed by atoms with Crippen molar-refractivity contribution in [3.8, 4) is 11.1 Å². The molecular weight excluding hydrogens is 338 g/mol. The Kier molecular flexibility index (Phi) is 4.89. The number of halogens is 2. The van der Waals surface area contributed by atoms with Gasteiger partial charge in [0.2, 0.25) is 0 Å². The van der Waals surface area contributed by atoms with Crippen molar-refractivity contribution in [2.75, 3.05) is 0 Å². The Bertz CT molecular complexity index is 1090. The van der Waals surface area contributed by atoms with Gasteiger partial charge in [0.15, 0.2) is 0 Å². The van der Waals surface area contributed by atoms with Crippen LogP contribution in [0.3, 0.4) is 0 Å². The number of benzene rings is 4. The van der Waals surface area contributed by atoms with Gasteiger partial charge in [0.05, 0.1) is 0 Å². The summed E-state index contributed by atoms with van der Waals surface area (Å²) in [5.74, 6) is -0.602. The van der Waals surface area contributed by atoms with E-state index in [2.05, 4.69) is 31.2 Å². The number of fused-ring (bicyclic) bond motifs is 3. The molecule has 0 aliphatic heterocycles. The van der Waals surface area contributed by atoms with E-state index in [0.717, 1.165) is 28.0 Å². The topological polar surface area (TPSA) is 0 Å². The molecular formula is C25H22F2. The summed E-state index contributed by atoms with van der Waals surface area (Å²) in [4.78, 5) is 0. The summed E-state index contributed by atoms with van der Waals surface area (Å²) in [7, 11) is 0. The molecule has 0 N–H and O–H groups in total. The van der Waals surface area contributed by atoms with Crippen molar-refractivity contribution in [2.24, 2.45) is 0 Å². The highest BCUT2D eigenvalue weighted by atomic mass is 19.1. The maximum absolute atomic E-state index is 14.8. The standard InChI is InChI=1S/C25H22F2/c1-2-3-4-5-17-6-13-22-19(14-17)7-8-20-15-24(25(27)16-23(20)22)18-9-11-21(26)12-10-18/h6-16H,2-5H2,1H3. The molecule has 0 radical (unpaired) electrons. The van der Waals surface area contributed by atoms with Crippen LogP contribution in [0.5, 0.6) is 0 Å². The highest BCUT2D eigenvalue weighted by Gasteiger charge is 2.10. The smallest absolute Gasteiger partial charge is 0.131 e. The zero-order chi connectivity index (χ0) is 18.8. The molecule has 0 saturated carbocycles. The van der Waals surface area contributed by atoms with Gasteiger partial charge in [-0.15, -0.1) is 0 Å². The van der Waals surface area contributed by atoms with Crippen LogP contribution in [-0.2, 0) is 6.42 Å². The minimum atomic E-state index is -0.319. The van der Waals surface area contributed by atoms with E-state index in [1.165, 1.54) is 37.0 Å². The summed E-state index contributed by atoms with van der Waals surface area (Å²) in [6.45, 7) is 2.21. The number of rotatable bonds is 5. The average Bonchev–Trinajstić information content (AvgIpc) is 2.68. The van der Waals surface area contributed by atoms with E-state index in [0.29, 0.717) is 11.1 Å². The lowest BCUT2D eigenvalue weighted by Gasteiger charge is -2.10. The predicted octanol–water partition coefficient (Wildman–Crippen LogP) is 7.67. The van der Waals surface area contributed by atoms with Crippen LogP contribution in [-0.4, -0.2) is 0 Å². The normalized spacial score (nSPS) is 11.4. The second-order valence-corrected chi connectivity index (χ2v) is 7.14. The van der Waals surface area contributed by atoms with Crippen LogP contribution >= 0.6 is 0 Å². The monoisotopic (exact) mass is 360 g/mol. The van der Waals surface area contributed by atoms with Crippen LogP contribution in [0.25, 0.3) is 32.7 Å². The van der Waals surface area contributed by atoms with Crippen LogP contribution in [0.1, 0.15) is 31.7 Å². The van der Waals surface area contributed by atoms with Gasteiger partial charge in [-0.25, -0.2) is 8.78 Å². The van der Waals surface area contributed by atoms with Gasteiger partial charge in [-0.05, 0) is 69.8 Å². The van der Waals surface area contributed by atoms with Crippen molar-refractivity contribution < 1.29 is 8.78 Å².